The highest BCUT2D eigenvalue weighted by Crippen LogP contribution is 2.27. The van der Waals surface area contributed by atoms with Crippen LogP contribution >= 0.6 is 11.3 Å². The Morgan fingerprint density at radius 3 is 3.15 bits per heavy atom. The highest BCUT2D eigenvalue weighted by molar-refractivity contribution is 7.22. The van der Waals surface area contributed by atoms with Gasteiger partial charge in [0.05, 0.1) is 10.2 Å². The first-order chi connectivity index (χ1) is 9.70. The molecule has 2 bridgehead atoms. The number of thiazole rings is 1. The maximum atomic E-state index is 12.7. The van der Waals surface area contributed by atoms with Gasteiger partial charge in [0.2, 0.25) is 0 Å². The Morgan fingerprint density at radius 1 is 1.35 bits per heavy atom. The van der Waals surface area contributed by atoms with Crippen LogP contribution in [0.4, 0.5) is 5.13 Å². The summed E-state index contributed by atoms with van der Waals surface area (Å²) in [6.45, 7) is 3.97. The van der Waals surface area contributed by atoms with Crippen LogP contribution in [0.3, 0.4) is 0 Å². The van der Waals surface area contributed by atoms with Crippen molar-refractivity contribution in [3.8, 4) is 0 Å². The number of fused-ring (bicyclic) bond motifs is 3. The first-order valence-corrected chi connectivity index (χ1v) is 7.72. The van der Waals surface area contributed by atoms with E-state index in [9.17, 15) is 4.79 Å². The quantitative estimate of drug-likeness (QED) is 0.862. The number of anilines is 1. The van der Waals surface area contributed by atoms with E-state index < -0.39 is 0 Å². The molecule has 0 radical (unpaired) electrons. The number of carbonyl (C=O) groups excluding carboxylic acids is 1. The lowest BCUT2D eigenvalue weighted by molar-refractivity contribution is 0.0609. The molecule has 2 N–H and O–H groups in total. The number of nitrogens with two attached hydrogens (primary N) is 1. The molecule has 2 aliphatic rings. The standard InChI is InChI=1S/C14H16N4OS/c15-14-16-11-7-9(1-2-12(11)20-14)13(19)18-6-5-17-4-3-10(18)8-17/h1-2,7,10H,3-6,8H2,(H2,15,16). The van der Waals surface area contributed by atoms with E-state index in [4.69, 9.17) is 5.73 Å². The summed E-state index contributed by atoms with van der Waals surface area (Å²) in [6, 6.07) is 6.09. The van der Waals surface area contributed by atoms with Gasteiger partial charge in [-0.3, -0.25) is 9.69 Å². The van der Waals surface area contributed by atoms with Crippen molar-refractivity contribution >= 4 is 32.6 Å². The third-order valence-electron chi connectivity index (χ3n) is 4.26. The molecular weight excluding hydrogens is 272 g/mol. The Hall–Kier alpha value is -1.66. The Morgan fingerprint density at radius 2 is 2.25 bits per heavy atom. The summed E-state index contributed by atoms with van der Waals surface area (Å²) >= 11 is 1.45. The van der Waals surface area contributed by atoms with E-state index in [2.05, 4.69) is 9.88 Å². The third kappa shape index (κ3) is 1.87. The molecule has 6 heteroatoms. The molecule has 2 unspecified atom stereocenters. The fourth-order valence-corrected chi connectivity index (χ4v) is 3.93. The molecule has 2 saturated heterocycles. The summed E-state index contributed by atoms with van der Waals surface area (Å²) in [5.74, 6) is 0.130. The van der Waals surface area contributed by atoms with Gasteiger partial charge in [-0.2, -0.15) is 0 Å². The summed E-state index contributed by atoms with van der Waals surface area (Å²) in [5.41, 5.74) is 7.26. The first kappa shape index (κ1) is 12.1. The van der Waals surface area contributed by atoms with E-state index in [1.54, 1.807) is 0 Å². The Labute approximate surface area is 121 Å². The number of hydrogen-bond acceptors (Lipinski definition) is 5. The van der Waals surface area contributed by atoms with Crippen molar-refractivity contribution < 1.29 is 4.79 Å². The third-order valence-corrected chi connectivity index (χ3v) is 5.12. The van der Waals surface area contributed by atoms with Crippen molar-refractivity contribution in [3.63, 3.8) is 0 Å². The summed E-state index contributed by atoms with van der Waals surface area (Å²) < 4.78 is 1.03. The molecule has 3 heterocycles. The zero-order chi connectivity index (χ0) is 13.7. The summed E-state index contributed by atoms with van der Waals surface area (Å²) in [4.78, 5) is 21.4. The monoisotopic (exact) mass is 288 g/mol. The van der Waals surface area contributed by atoms with Crippen LogP contribution in [0, 0.1) is 0 Å². The molecule has 0 aliphatic carbocycles. The van der Waals surface area contributed by atoms with Crippen molar-refractivity contribution in [2.75, 3.05) is 31.9 Å². The molecule has 1 aromatic heterocycles. The minimum atomic E-state index is 0.130. The average molecular weight is 288 g/mol. The molecular formula is C14H16N4OS. The van der Waals surface area contributed by atoms with Crippen LogP contribution in [0.2, 0.25) is 0 Å². The van der Waals surface area contributed by atoms with Crippen molar-refractivity contribution in [3.05, 3.63) is 23.8 Å². The zero-order valence-corrected chi connectivity index (χ0v) is 11.9. The molecule has 5 nitrogen and oxygen atoms in total. The number of hydrogen-bond donors (Lipinski definition) is 1. The Bertz CT molecular complexity index is 683. The van der Waals surface area contributed by atoms with Gasteiger partial charge < -0.3 is 10.6 Å². The molecule has 2 fully saturated rings. The number of amides is 1. The molecule has 1 amide bonds. The summed E-state index contributed by atoms with van der Waals surface area (Å²) in [6.07, 6.45) is 1.09. The lowest BCUT2D eigenvalue weighted by atomic mass is 10.1. The van der Waals surface area contributed by atoms with Gasteiger partial charge in [0, 0.05) is 37.8 Å². The summed E-state index contributed by atoms with van der Waals surface area (Å²) in [5, 5.41) is 0.550. The smallest absolute Gasteiger partial charge is 0.254 e. The van der Waals surface area contributed by atoms with Gasteiger partial charge in [0.1, 0.15) is 0 Å². The van der Waals surface area contributed by atoms with E-state index in [1.807, 2.05) is 23.1 Å². The second-order valence-corrected chi connectivity index (χ2v) is 6.54. The van der Waals surface area contributed by atoms with E-state index in [-0.39, 0.29) is 5.91 Å². The molecule has 4 rings (SSSR count). The van der Waals surface area contributed by atoms with Gasteiger partial charge in [-0.15, -0.1) is 0 Å². The van der Waals surface area contributed by atoms with Gasteiger partial charge in [-0.05, 0) is 24.6 Å². The normalized spacial score (nSPS) is 25.3. The predicted molar refractivity (Wildman–Crippen MR) is 79.9 cm³/mol. The van der Waals surface area contributed by atoms with Crippen LogP contribution in [0.1, 0.15) is 16.8 Å². The van der Waals surface area contributed by atoms with Crippen LogP contribution in [0.25, 0.3) is 10.2 Å². The number of benzene rings is 1. The van der Waals surface area contributed by atoms with Gasteiger partial charge in [-0.25, -0.2) is 4.98 Å². The van der Waals surface area contributed by atoms with E-state index in [1.165, 1.54) is 11.3 Å². The van der Waals surface area contributed by atoms with Gasteiger partial charge >= 0.3 is 0 Å². The molecule has 2 atom stereocenters. The Balaban J connectivity index is 1.65. The number of aromatic nitrogens is 1. The molecule has 2 aromatic rings. The van der Waals surface area contributed by atoms with Crippen LogP contribution in [-0.4, -0.2) is 52.9 Å². The largest absolute Gasteiger partial charge is 0.375 e. The van der Waals surface area contributed by atoms with Crippen molar-refractivity contribution in [1.82, 2.24) is 14.8 Å². The fraction of sp³-hybridized carbons (Fsp3) is 0.429. The molecule has 0 saturated carbocycles. The number of nitrogen functional groups attached to an aromatic ring is 1. The zero-order valence-electron chi connectivity index (χ0n) is 11.1. The minimum Gasteiger partial charge on any atom is -0.375 e. The lowest BCUT2D eigenvalue weighted by Crippen LogP contribution is -2.49. The Kier molecular flexibility index (Phi) is 2.68. The fourth-order valence-electron chi connectivity index (χ4n) is 3.21. The highest BCUT2D eigenvalue weighted by atomic mass is 32.1. The van der Waals surface area contributed by atoms with Crippen molar-refractivity contribution in [1.29, 1.82) is 0 Å². The maximum absolute atomic E-state index is 12.7. The highest BCUT2D eigenvalue weighted by Gasteiger charge is 2.35. The van der Waals surface area contributed by atoms with Crippen LogP contribution < -0.4 is 5.73 Å². The van der Waals surface area contributed by atoms with Crippen LogP contribution in [0.5, 0.6) is 0 Å². The van der Waals surface area contributed by atoms with E-state index in [0.29, 0.717) is 11.2 Å². The van der Waals surface area contributed by atoms with Gasteiger partial charge in [0.25, 0.3) is 5.91 Å². The predicted octanol–water partition coefficient (Wildman–Crippen LogP) is 1.41. The van der Waals surface area contributed by atoms with Crippen molar-refractivity contribution in [2.24, 2.45) is 0 Å². The second-order valence-electron chi connectivity index (χ2n) is 5.48. The first-order valence-electron chi connectivity index (χ1n) is 6.90. The average Bonchev–Trinajstić information content (AvgIpc) is 3.00. The van der Waals surface area contributed by atoms with E-state index in [0.717, 1.165) is 48.4 Å². The van der Waals surface area contributed by atoms with Gasteiger partial charge in [-0.1, -0.05) is 11.3 Å². The number of piperazine rings is 1. The molecule has 0 spiro atoms. The number of nitrogens with zero attached hydrogens (tertiary/aromatic N) is 3. The van der Waals surface area contributed by atoms with Gasteiger partial charge in [0.15, 0.2) is 5.13 Å². The topological polar surface area (TPSA) is 62.5 Å². The summed E-state index contributed by atoms with van der Waals surface area (Å²) in [7, 11) is 0. The number of carbonyl (C=O) groups is 1. The number of rotatable bonds is 1. The SMILES string of the molecule is Nc1nc2cc(C(=O)N3CCN4CCC3C4)ccc2s1. The minimum absolute atomic E-state index is 0.130. The van der Waals surface area contributed by atoms with Crippen molar-refractivity contribution in [2.45, 2.75) is 12.5 Å². The van der Waals surface area contributed by atoms with E-state index >= 15 is 0 Å². The molecule has 1 aromatic carbocycles. The maximum Gasteiger partial charge on any atom is 0.254 e. The second kappa shape index (κ2) is 4.43. The lowest BCUT2D eigenvalue weighted by Gasteiger charge is -2.34. The molecule has 104 valence electrons. The van der Waals surface area contributed by atoms with Crippen LogP contribution in [0.15, 0.2) is 18.2 Å². The molecule has 20 heavy (non-hydrogen) atoms. The van der Waals surface area contributed by atoms with Crippen LogP contribution in [-0.2, 0) is 0 Å². The molecule has 2 aliphatic heterocycles.